The fourth-order valence-corrected chi connectivity index (χ4v) is 5.76. The second-order valence-corrected chi connectivity index (χ2v) is 9.78. The lowest BCUT2D eigenvalue weighted by molar-refractivity contribution is -0.146. The van der Waals surface area contributed by atoms with Gasteiger partial charge in [-0.1, -0.05) is 55.0 Å². The molecule has 0 aliphatic heterocycles. The Morgan fingerprint density at radius 2 is 1.63 bits per heavy atom. The van der Waals surface area contributed by atoms with E-state index in [2.05, 4.69) is 34.9 Å². The Morgan fingerprint density at radius 1 is 0.971 bits per heavy atom. The van der Waals surface area contributed by atoms with Crippen LogP contribution >= 0.6 is 0 Å². The molecule has 2 aromatic carbocycles. The molecule has 2 aromatic rings. The first kappa shape index (κ1) is 23.4. The van der Waals surface area contributed by atoms with Gasteiger partial charge in [-0.25, -0.2) is 4.79 Å². The number of carboxylic acid groups (broad SMARTS) is 1. The van der Waals surface area contributed by atoms with Crippen LogP contribution in [0, 0.1) is 10.8 Å². The number of alkyl carbamates (subject to hydrolysis) is 1. The summed E-state index contributed by atoms with van der Waals surface area (Å²) in [5, 5.41) is 14.9. The van der Waals surface area contributed by atoms with E-state index in [1.54, 1.807) is 0 Å². The zero-order chi connectivity index (χ0) is 24.5. The van der Waals surface area contributed by atoms with Crippen LogP contribution in [0.5, 0.6) is 0 Å². The number of amides is 2. The highest BCUT2D eigenvalue weighted by Crippen LogP contribution is 2.73. The first-order valence-corrected chi connectivity index (χ1v) is 12.1. The summed E-state index contributed by atoms with van der Waals surface area (Å²) in [5.74, 6) is -1.19. The molecule has 8 heteroatoms. The predicted octanol–water partition coefficient (Wildman–Crippen LogP) is 3.30. The van der Waals surface area contributed by atoms with Crippen LogP contribution in [0.2, 0.25) is 0 Å². The molecule has 2 amide bonds. The normalized spacial score (nSPS) is 20.9. The van der Waals surface area contributed by atoms with E-state index in [0.717, 1.165) is 30.4 Å². The second-order valence-electron chi connectivity index (χ2n) is 9.78. The topological polar surface area (TPSA) is 114 Å². The maximum atomic E-state index is 12.2. The summed E-state index contributed by atoms with van der Waals surface area (Å²) in [4.78, 5) is 35.9. The summed E-state index contributed by atoms with van der Waals surface area (Å²) < 4.78 is 10.8. The molecule has 3 aliphatic rings. The Morgan fingerprint density at radius 3 is 2.20 bits per heavy atom. The van der Waals surface area contributed by atoms with Gasteiger partial charge in [0.1, 0.15) is 13.2 Å². The minimum atomic E-state index is -0.828. The van der Waals surface area contributed by atoms with Gasteiger partial charge >= 0.3 is 12.1 Å². The van der Waals surface area contributed by atoms with Gasteiger partial charge in [-0.2, -0.15) is 0 Å². The molecule has 0 heterocycles. The van der Waals surface area contributed by atoms with Gasteiger partial charge in [0.15, 0.2) is 0 Å². The van der Waals surface area contributed by atoms with Crippen LogP contribution in [0.15, 0.2) is 48.5 Å². The maximum Gasteiger partial charge on any atom is 0.407 e. The molecule has 1 atom stereocenters. The van der Waals surface area contributed by atoms with Crippen LogP contribution in [-0.4, -0.2) is 56.0 Å². The third-order valence-electron chi connectivity index (χ3n) is 7.93. The van der Waals surface area contributed by atoms with Crippen LogP contribution in [-0.2, 0) is 19.1 Å². The summed E-state index contributed by atoms with van der Waals surface area (Å²) in [5.41, 5.74) is 3.71. The Kier molecular flexibility index (Phi) is 6.23. The molecular weight excluding hydrogens is 448 g/mol. The lowest BCUT2D eigenvalue weighted by Gasteiger charge is -2.30. The highest BCUT2D eigenvalue weighted by Gasteiger charge is 2.73. The Bertz CT molecular complexity index is 1100. The van der Waals surface area contributed by atoms with Crippen molar-refractivity contribution in [3.05, 3.63) is 59.7 Å². The fourth-order valence-electron chi connectivity index (χ4n) is 5.76. The first-order chi connectivity index (χ1) is 17.0. The zero-order valence-corrected chi connectivity index (χ0v) is 19.5. The first-order valence-electron chi connectivity index (χ1n) is 12.1. The number of fused-ring (bicyclic) bond motifs is 3. The van der Waals surface area contributed by atoms with Crippen molar-refractivity contribution in [2.45, 2.75) is 31.6 Å². The van der Waals surface area contributed by atoms with Crippen LogP contribution in [0.4, 0.5) is 4.79 Å². The molecule has 3 N–H and O–H groups in total. The number of carboxylic acids is 1. The fraction of sp³-hybridized carbons (Fsp3) is 0.444. The van der Waals surface area contributed by atoms with Gasteiger partial charge in [-0.3, -0.25) is 9.59 Å². The molecule has 1 spiro atoms. The number of ether oxygens (including phenoxy) is 2. The van der Waals surface area contributed by atoms with Crippen molar-refractivity contribution < 1.29 is 29.0 Å². The van der Waals surface area contributed by atoms with Crippen LogP contribution in [0.1, 0.15) is 42.7 Å². The largest absolute Gasteiger partial charge is 0.481 e. The highest BCUT2D eigenvalue weighted by atomic mass is 16.5. The van der Waals surface area contributed by atoms with E-state index in [1.807, 2.05) is 24.3 Å². The molecule has 184 valence electrons. The minimum Gasteiger partial charge on any atom is -0.481 e. The van der Waals surface area contributed by atoms with Crippen molar-refractivity contribution in [2.75, 3.05) is 32.9 Å². The van der Waals surface area contributed by atoms with Crippen LogP contribution in [0.3, 0.4) is 0 Å². The second kappa shape index (κ2) is 9.34. The van der Waals surface area contributed by atoms with E-state index >= 15 is 0 Å². The lowest BCUT2D eigenvalue weighted by atomic mass is 9.75. The third-order valence-corrected chi connectivity index (χ3v) is 7.93. The number of carbonyl (C=O) groups excluding carboxylic acids is 2. The Labute approximate surface area is 204 Å². The summed E-state index contributed by atoms with van der Waals surface area (Å²) in [6, 6.07) is 16.3. The lowest BCUT2D eigenvalue weighted by Crippen LogP contribution is -2.41. The molecule has 0 aromatic heterocycles. The number of rotatable bonds is 10. The standard InChI is InChI=1S/C27H30N2O6/c30-23(29-17-27(24(31)32)16-26(27)10-5-11-26)15-34-13-12-28-25(33)35-14-22-20-8-3-1-6-18(20)19-7-2-4-9-21(19)22/h1-4,6-9,22H,5,10-17H2,(H,28,33)(H,29,30)(H,31,32). The number of nitrogens with one attached hydrogen (secondary N) is 2. The van der Waals surface area contributed by atoms with Crippen molar-refractivity contribution in [1.29, 1.82) is 0 Å². The van der Waals surface area contributed by atoms with E-state index < -0.39 is 17.5 Å². The van der Waals surface area contributed by atoms with Gasteiger partial charge in [-0.05, 0) is 46.9 Å². The Balaban J connectivity index is 0.996. The van der Waals surface area contributed by atoms with Crippen molar-refractivity contribution in [3.8, 4) is 11.1 Å². The van der Waals surface area contributed by atoms with Crippen molar-refractivity contribution in [2.24, 2.45) is 10.8 Å². The van der Waals surface area contributed by atoms with Gasteiger partial charge < -0.3 is 25.2 Å². The SMILES string of the molecule is O=C(COCCNC(=O)OCC1c2ccccc2-c2ccccc21)NCC1(C(=O)O)CC12CCC2. The quantitative estimate of drug-likeness (QED) is 0.452. The number of hydrogen-bond donors (Lipinski definition) is 3. The van der Waals surface area contributed by atoms with E-state index in [9.17, 15) is 19.5 Å². The van der Waals surface area contributed by atoms with Gasteiger partial charge in [0.25, 0.3) is 0 Å². The third kappa shape index (κ3) is 4.27. The molecule has 8 nitrogen and oxygen atoms in total. The summed E-state index contributed by atoms with van der Waals surface area (Å²) in [6.07, 6.45) is 3.01. The van der Waals surface area contributed by atoms with Crippen LogP contribution in [0.25, 0.3) is 11.1 Å². The number of benzene rings is 2. The van der Waals surface area contributed by atoms with E-state index in [4.69, 9.17) is 9.47 Å². The summed E-state index contributed by atoms with van der Waals surface area (Å²) in [7, 11) is 0. The molecule has 3 aliphatic carbocycles. The number of hydrogen-bond acceptors (Lipinski definition) is 5. The molecule has 35 heavy (non-hydrogen) atoms. The summed E-state index contributed by atoms with van der Waals surface area (Å²) in [6.45, 7) is 0.533. The zero-order valence-electron chi connectivity index (χ0n) is 19.5. The molecule has 1 unspecified atom stereocenters. The van der Waals surface area contributed by atoms with Gasteiger partial charge in [-0.15, -0.1) is 0 Å². The van der Waals surface area contributed by atoms with Crippen molar-refractivity contribution >= 4 is 18.0 Å². The van der Waals surface area contributed by atoms with Gasteiger partial charge in [0.05, 0.1) is 12.0 Å². The monoisotopic (exact) mass is 478 g/mol. The molecule has 2 saturated carbocycles. The summed E-state index contributed by atoms with van der Waals surface area (Å²) >= 11 is 0. The average molecular weight is 479 g/mol. The van der Waals surface area contributed by atoms with Crippen molar-refractivity contribution in [1.82, 2.24) is 10.6 Å². The Hall–Kier alpha value is -3.39. The van der Waals surface area contributed by atoms with E-state index in [1.165, 1.54) is 11.1 Å². The van der Waals surface area contributed by atoms with Crippen LogP contribution < -0.4 is 10.6 Å². The van der Waals surface area contributed by atoms with E-state index in [0.29, 0.717) is 6.42 Å². The molecular formula is C27H30N2O6. The molecule has 5 rings (SSSR count). The molecule has 0 radical (unpaired) electrons. The molecule has 0 saturated heterocycles. The van der Waals surface area contributed by atoms with Gasteiger partial charge in [0, 0.05) is 19.0 Å². The van der Waals surface area contributed by atoms with Gasteiger partial charge in [0.2, 0.25) is 5.91 Å². The average Bonchev–Trinajstić information content (AvgIpc) is 3.46. The minimum absolute atomic E-state index is 0.00673. The highest BCUT2D eigenvalue weighted by molar-refractivity contribution is 5.83. The maximum absolute atomic E-state index is 12.2. The van der Waals surface area contributed by atoms with Crippen molar-refractivity contribution in [3.63, 3.8) is 0 Å². The van der Waals surface area contributed by atoms with E-state index in [-0.39, 0.29) is 50.2 Å². The number of carbonyl (C=O) groups is 3. The smallest absolute Gasteiger partial charge is 0.407 e. The molecule has 0 bridgehead atoms. The number of aliphatic carboxylic acids is 1. The predicted molar refractivity (Wildman–Crippen MR) is 128 cm³/mol. The molecule has 2 fully saturated rings.